The van der Waals surface area contributed by atoms with Gasteiger partial charge in [-0.15, -0.1) is 0 Å². The molecule has 1 aliphatic heterocycles. The molecule has 37 heavy (non-hydrogen) atoms. The van der Waals surface area contributed by atoms with Crippen molar-refractivity contribution in [1.82, 2.24) is 4.90 Å². The van der Waals surface area contributed by atoms with Crippen LogP contribution in [0.1, 0.15) is 103 Å². The quantitative estimate of drug-likeness (QED) is 0.0744. The second-order valence-corrected chi connectivity index (χ2v) is 11.6. The molecule has 1 rings (SSSR count). The van der Waals surface area contributed by atoms with Crippen LogP contribution in [-0.4, -0.2) is 73.7 Å². The molecule has 1 unspecified atom stereocenters. The second kappa shape index (κ2) is 24.5. The molecule has 1 aliphatic rings. The minimum atomic E-state index is -3.90. The molecule has 0 bridgehead atoms. The number of hydrogen-bond acceptors (Lipinski definition) is 8. The van der Waals surface area contributed by atoms with Gasteiger partial charge in [0.2, 0.25) is 0 Å². The lowest BCUT2D eigenvalue weighted by Crippen LogP contribution is -2.34. The van der Waals surface area contributed by atoms with E-state index in [2.05, 4.69) is 6.92 Å². The van der Waals surface area contributed by atoms with Gasteiger partial charge in [-0.25, -0.2) is 9.78 Å². The highest BCUT2D eigenvalue weighted by Gasteiger charge is 2.23. The summed E-state index contributed by atoms with van der Waals surface area (Å²) in [6.45, 7) is 4.13. The Morgan fingerprint density at radius 1 is 0.865 bits per heavy atom. The molecule has 9 nitrogen and oxygen atoms in total. The first-order chi connectivity index (χ1) is 18.1. The Morgan fingerprint density at radius 3 is 2.08 bits per heavy atom. The molecule has 220 valence electrons. The molecule has 2 atom stereocenters. The lowest BCUT2D eigenvalue weighted by molar-refractivity contribution is -0.301. The van der Waals surface area contributed by atoms with Crippen molar-refractivity contribution in [2.45, 2.75) is 109 Å². The summed E-state index contributed by atoms with van der Waals surface area (Å²) in [5.74, 6) is 0. The third-order valence-corrected chi connectivity index (χ3v) is 7.33. The van der Waals surface area contributed by atoms with Crippen molar-refractivity contribution < 1.29 is 38.3 Å². The fraction of sp³-hybridized carbons (Fsp3) is 0.926. The van der Waals surface area contributed by atoms with E-state index in [9.17, 15) is 14.6 Å². The maximum Gasteiger partial charge on any atom is 0.353 e. The predicted molar refractivity (Wildman–Crippen MR) is 146 cm³/mol. The normalized spacial score (nSPS) is 16.6. The van der Waals surface area contributed by atoms with E-state index in [1.54, 1.807) is 17.2 Å². The molecule has 1 heterocycles. The standard InChI is InChI=1S/C27H54NO8P/c1-2-3-4-5-6-7-8-9-10-11-12-13-14-15-19-32-20-17-22-36-37(30,31)26-33-27(24-29)23-28-18-16-21-34-35-25-28/h16,18,27,29H,2-15,17,19-26H2,1H3,(H,30,31)/t27-/m0/s1. The molecular weight excluding hydrogens is 497 g/mol. The fourth-order valence-electron chi connectivity index (χ4n) is 4.07. The van der Waals surface area contributed by atoms with E-state index in [1.807, 2.05) is 0 Å². The van der Waals surface area contributed by atoms with E-state index in [0.717, 1.165) is 13.0 Å². The van der Waals surface area contributed by atoms with Gasteiger partial charge in [-0.05, 0) is 25.1 Å². The molecule has 0 aromatic rings. The smallest absolute Gasteiger partial charge is 0.353 e. The summed E-state index contributed by atoms with van der Waals surface area (Å²) in [5.41, 5.74) is 0. The molecule has 0 spiro atoms. The monoisotopic (exact) mass is 551 g/mol. The van der Waals surface area contributed by atoms with Crippen LogP contribution in [0, 0.1) is 0 Å². The number of nitrogens with zero attached hydrogens (tertiary/aromatic N) is 1. The highest BCUT2D eigenvalue weighted by molar-refractivity contribution is 7.52. The van der Waals surface area contributed by atoms with Gasteiger partial charge in [0.25, 0.3) is 0 Å². The van der Waals surface area contributed by atoms with E-state index < -0.39 is 20.0 Å². The van der Waals surface area contributed by atoms with E-state index >= 15 is 0 Å². The zero-order chi connectivity index (χ0) is 26.9. The van der Waals surface area contributed by atoms with Crippen LogP contribution in [0.25, 0.3) is 0 Å². The number of ether oxygens (including phenoxy) is 2. The minimum Gasteiger partial charge on any atom is -0.394 e. The molecule has 10 heteroatoms. The first-order valence-electron chi connectivity index (χ1n) is 14.5. The van der Waals surface area contributed by atoms with Crippen molar-refractivity contribution in [2.75, 3.05) is 52.7 Å². The number of aliphatic hydroxyl groups excluding tert-OH is 1. The Labute approximate surface area is 225 Å². The van der Waals surface area contributed by atoms with Gasteiger partial charge in [0.05, 0.1) is 19.3 Å². The van der Waals surface area contributed by atoms with Crippen LogP contribution < -0.4 is 0 Å². The van der Waals surface area contributed by atoms with Gasteiger partial charge in [0, 0.05) is 19.8 Å². The summed E-state index contributed by atoms with van der Waals surface area (Å²) in [6.07, 6.45) is 21.6. The van der Waals surface area contributed by atoms with Crippen LogP contribution in [-0.2, 0) is 28.3 Å². The molecule has 0 saturated heterocycles. The van der Waals surface area contributed by atoms with E-state index in [1.165, 1.54) is 83.5 Å². The molecular formula is C27H54NO8P. The predicted octanol–water partition coefficient (Wildman–Crippen LogP) is 6.15. The summed E-state index contributed by atoms with van der Waals surface area (Å²) in [4.78, 5) is 21.5. The molecule has 0 radical (unpaired) electrons. The number of rotatable bonds is 26. The molecule has 0 amide bonds. The highest BCUT2D eigenvalue weighted by atomic mass is 31.2. The summed E-state index contributed by atoms with van der Waals surface area (Å²) >= 11 is 0. The third-order valence-electron chi connectivity index (χ3n) is 6.27. The van der Waals surface area contributed by atoms with Crippen molar-refractivity contribution in [3.05, 3.63) is 12.3 Å². The van der Waals surface area contributed by atoms with E-state index in [-0.39, 0.29) is 19.9 Å². The van der Waals surface area contributed by atoms with Crippen LogP contribution in [0.2, 0.25) is 0 Å². The lowest BCUT2D eigenvalue weighted by Gasteiger charge is -2.24. The van der Waals surface area contributed by atoms with E-state index in [0.29, 0.717) is 26.2 Å². The fourth-order valence-corrected chi connectivity index (χ4v) is 4.96. The Hall–Kier alpha value is -0.510. The van der Waals surface area contributed by atoms with Gasteiger partial charge in [-0.3, -0.25) is 4.57 Å². The van der Waals surface area contributed by atoms with Gasteiger partial charge < -0.3 is 28.9 Å². The van der Waals surface area contributed by atoms with Crippen LogP contribution in [0.4, 0.5) is 0 Å². The molecule has 0 aromatic carbocycles. The number of hydrogen-bond donors (Lipinski definition) is 2. The van der Waals surface area contributed by atoms with Crippen molar-refractivity contribution in [2.24, 2.45) is 0 Å². The van der Waals surface area contributed by atoms with Gasteiger partial charge in [-0.1, -0.05) is 90.4 Å². The average molecular weight is 552 g/mol. The molecule has 0 fully saturated rings. The SMILES string of the molecule is CCCCCCCCCCCCCCCCOCCCOP(=O)(O)CO[C@H](CO)CN1C=CCOOC1. The van der Waals surface area contributed by atoms with E-state index in [4.69, 9.17) is 23.8 Å². The van der Waals surface area contributed by atoms with Gasteiger partial charge in [0.1, 0.15) is 13.0 Å². The highest BCUT2D eigenvalue weighted by Crippen LogP contribution is 2.42. The molecule has 0 aromatic heterocycles. The summed E-state index contributed by atoms with van der Waals surface area (Å²) in [7, 11) is -3.90. The van der Waals surface area contributed by atoms with Gasteiger partial charge in [-0.2, -0.15) is 0 Å². The lowest BCUT2D eigenvalue weighted by atomic mass is 10.0. The van der Waals surface area contributed by atoms with Crippen LogP contribution in [0.15, 0.2) is 12.3 Å². The molecule has 2 N–H and O–H groups in total. The summed E-state index contributed by atoms with van der Waals surface area (Å²) < 4.78 is 28.3. The largest absolute Gasteiger partial charge is 0.394 e. The Balaban J connectivity index is 1.88. The maximum atomic E-state index is 12.2. The van der Waals surface area contributed by atoms with Gasteiger partial charge in [0.15, 0.2) is 6.73 Å². The van der Waals surface area contributed by atoms with Crippen molar-refractivity contribution >= 4 is 7.60 Å². The first kappa shape index (κ1) is 34.5. The third kappa shape index (κ3) is 22.0. The average Bonchev–Trinajstić information content (AvgIpc) is 3.16. The van der Waals surface area contributed by atoms with Crippen molar-refractivity contribution in [1.29, 1.82) is 0 Å². The molecule has 0 aliphatic carbocycles. The Bertz CT molecular complexity index is 581. The minimum absolute atomic E-state index is 0.125. The van der Waals surface area contributed by atoms with Crippen molar-refractivity contribution in [3.8, 4) is 0 Å². The van der Waals surface area contributed by atoms with Crippen LogP contribution in [0.3, 0.4) is 0 Å². The summed E-state index contributed by atoms with van der Waals surface area (Å²) in [6, 6.07) is 0. The zero-order valence-electron chi connectivity index (χ0n) is 23.2. The Morgan fingerprint density at radius 2 is 1.46 bits per heavy atom. The summed E-state index contributed by atoms with van der Waals surface area (Å²) in [5, 5.41) is 9.49. The molecule has 0 saturated carbocycles. The van der Waals surface area contributed by atoms with Crippen molar-refractivity contribution in [3.63, 3.8) is 0 Å². The topological polar surface area (TPSA) is 107 Å². The second-order valence-electron chi connectivity index (χ2n) is 9.82. The Kier molecular flexibility index (Phi) is 22.9. The van der Waals surface area contributed by atoms with Gasteiger partial charge >= 0.3 is 7.60 Å². The first-order valence-corrected chi connectivity index (χ1v) is 16.3. The maximum absolute atomic E-state index is 12.2. The zero-order valence-corrected chi connectivity index (χ0v) is 24.1. The van der Waals surface area contributed by atoms with Crippen LogP contribution in [0.5, 0.6) is 0 Å². The number of unbranched alkanes of at least 4 members (excludes halogenated alkanes) is 13. The van der Waals surface area contributed by atoms with Crippen LogP contribution >= 0.6 is 7.60 Å². The number of aliphatic hydroxyl groups is 1.